The molecule has 0 spiro atoms. The summed E-state index contributed by atoms with van der Waals surface area (Å²) in [6.45, 7) is 1.41. The van der Waals surface area contributed by atoms with Crippen LogP contribution in [0.4, 0.5) is 0 Å². The Morgan fingerprint density at radius 1 is 1.40 bits per heavy atom. The monoisotopic (exact) mass is 138 g/mol. The lowest BCUT2D eigenvalue weighted by atomic mass is 9.91. The zero-order valence-electron chi connectivity index (χ0n) is 5.75. The first-order valence-electron chi connectivity index (χ1n) is 3.37. The fraction of sp³-hybridized carbons (Fsp3) is 0.667. The van der Waals surface area contributed by atoms with Crippen molar-refractivity contribution in [2.24, 2.45) is 0 Å². The molecule has 1 fully saturated rings. The Morgan fingerprint density at radius 3 is 2.50 bits per heavy atom. The van der Waals surface area contributed by atoms with E-state index in [4.69, 9.17) is 0 Å². The van der Waals surface area contributed by atoms with E-state index in [2.05, 4.69) is 0 Å². The number of rotatable bonds is 2. The van der Waals surface area contributed by atoms with E-state index in [-0.39, 0.29) is 0 Å². The summed E-state index contributed by atoms with van der Waals surface area (Å²) >= 11 is 0. The van der Waals surface area contributed by atoms with E-state index < -0.39 is 0 Å². The van der Waals surface area contributed by atoms with Crippen molar-refractivity contribution >= 4 is 19.4 Å². The molecule has 0 atom stereocenters. The summed E-state index contributed by atoms with van der Waals surface area (Å²) in [5.74, 6) is 0.301. The molecule has 0 aromatic rings. The molecule has 0 aromatic heterocycles. The van der Waals surface area contributed by atoms with Gasteiger partial charge in [0.25, 0.3) is 7.41 Å². The van der Waals surface area contributed by atoms with Crippen LogP contribution in [0.3, 0.4) is 0 Å². The number of carbonyl (C=O) groups is 2. The van der Waals surface area contributed by atoms with Gasteiger partial charge in [-0.15, -0.1) is 0 Å². The molecule has 0 saturated carbocycles. The van der Waals surface area contributed by atoms with Gasteiger partial charge in [0.1, 0.15) is 5.78 Å². The van der Waals surface area contributed by atoms with E-state index >= 15 is 0 Å². The summed E-state index contributed by atoms with van der Waals surface area (Å²) in [5, 5.41) is 0. The molecule has 0 unspecified atom stereocenters. The number of nitrogens with zero attached hydrogens (tertiary/aromatic N) is 1. The van der Waals surface area contributed by atoms with Crippen molar-refractivity contribution in [1.29, 1.82) is 0 Å². The highest BCUT2D eigenvalue weighted by molar-refractivity contribution is 6.64. The number of ketones is 1. The minimum absolute atomic E-state index is 0.301. The van der Waals surface area contributed by atoms with Crippen molar-refractivity contribution in [3.05, 3.63) is 0 Å². The summed E-state index contributed by atoms with van der Waals surface area (Å²) in [6.07, 6.45) is 1.93. The highest BCUT2D eigenvalue weighted by atomic mass is 16.1. The number of piperidine rings is 1. The molecule has 10 heavy (non-hydrogen) atoms. The van der Waals surface area contributed by atoms with Gasteiger partial charge in [0.2, 0.25) is 0 Å². The van der Waals surface area contributed by atoms with Crippen LogP contribution >= 0.6 is 0 Å². The molecule has 0 bridgehead atoms. The topological polar surface area (TPSA) is 37.4 Å². The molecule has 1 saturated heterocycles. The van der Waals surface area contributed by atoms with Crippen LogP contribution in [0.1, 0.15) is 12.8 Å². The van der Waals surface area contributed by atoms with Gasteiger partial charge in [-0.05, 0) is 13.1 Å². The third-order valence-corrected chi connectivity index (χ3v) is 1.63. The normalized spacial score (nSPS) is 20.6. The first-order chi connectivity index (χ1) is 4.83. The van der Waals surface area contributed by atoms with Gasteiger partial charge in [0.15, 0.2) is 0 Å². The lowest BCUT2D eigenvalue weighted by molar-refractivity contribution is -0.120. The molecule has 53 valence electrons. The fourth-order valence-corrected chi connectivity index (χ4v) is 1.01. The quantitative estimate of drug-likeness (QED) is 0.379. The van der Waals surface area contributed by atoms with Crippen molar-refractivity contribution < 1.29 is 9.59 Å². The molecule has 1 rings (SSSR count). The standard InChI is InChI=1S/C6H9BNO2/c9-5-7-8-3-1-6(10)2-4-8/h5H,1-4H2. The van der Waals surface area contributed by atoms with Crippen LogP contribution in [0.15, 0.2) is 0 Å². The number of hydrogen-bond acceptors (Lipinski definition) is 3. The summed E-state index contributed by atoms with van der Waals surface area (Å²) in [7, 11) is 1.49. The van der Waals surface area contributed by atoms with Crippen LogP contribution in [0.25, 0.3) is 0 Å². The second-order valence-electron chi connectivity index (χ2n) is 2.36. The van der Waals surface area contributed by atoms with Crippen LogP contribution < -0.4 is 0 Å². The summed E-state index contributed by atoms with van der Waals surface area (Å²) < 4.78 is 0. The molecule has 1 aliphatic heterocycles. The Balaban J connectivity index is 2.25. The summed E-state index contributed by atoms with van der Waals surface area (Å²) in [6, 6.07) is 0. The van der Waals surface area contributed by atoms with Crippen molar-refractivity contribution in [2.45, 2.75) is 12.8 Å². The maximum atomic E-state index is 10.7. The van der Waals surface area contributed by atoms with Crippen molar-refractivity contribution in [1.82, 2.24) is 4.81 Å². The van der Waals surface area contributed by atoms with Gasteiger partial charge in [-0.3, -0.25) is 4.79 Å². The van der Waals surface area contributed by atoms with Gasteiger partial charge in [-0.25, -0.2) is 0 Å². The molecule has 0 aromatic carbocycles. The first-order valence-corrected chi connectivity index (χ1v) is 3.37. The Hall–Kier alpha value is -0.635. The maximum Gasteiger partial charge on any atom is 0.293 e. The first kappa shape index (κ1) is 7.47. The van der Waals surface area contributed by atoms with E-state index in [0.717, 1.165) is 6.19 Å². The predicted molar refractivity (Wildman–Crippen MR) is 38.3 cm³/mol. The predicted octanol–water partition coefficient (Wildman–Crippen LogP) is -0.539. The fourth-order valence-electron chi connectivity index (χ4n) is 1.01. The molecule has 1 radical (unpaired) electrons. The van der Waals surface area contributed by atoms with Crippen molar-refractivity contribution in [3.8, 4) is 0 Å². The maximum absolute atomic E-state index is 10.7. The summed E-state index contributed by atoms with van der Waals surface area (Å²) in [4.78, 5) is 22.5. The van der Waals surface area contributed by atoms with Crippen LogP contribution in [0.2, 0.25) is 0 Å². The Bertz CT molecular complexity index is 139. The summed E-state index contributed by atoms with van der Waals surface area (Å²) in [5.41, 5.74) is 0. The van der Waals surface area contributed by atoms with E-state index in [1.165, 1.54) is 7.41 Å². The zero-order valence-corrected chi connectivity index (χ0v) is 5.75. The minimum Gasteiger partial charge on any atom is -0.339 e. The van der Waals surface area contributed by atoms with Gasteiger partial charge >= 0.3 is 0 Å². The van der Waals surface area contributed by atoms with Gasteiger partial charge in [0, 0.05) is 12.8 Å². The van der Waals surface area contributed by atoms with Crippen LogP contribution in [-0.4, -0.2) is 37.3 Å². The van der Waals surface area contributed by atoms with E-state index in [0.29, 0.717) is 31.7 Å². The molecule has 0 N–H and O–H groups in total. The number of carbonyl (C=O) groups excluding carboxylic acids is 2. The zero-order chi connectivity index (χ0) is 7.40. The van der Waals surface area contributed by atoms with Crippen molar-refractivity contribution in [2.75, 3.05) is 13.1 Å². The van der Waals surface area contributed by atoms with E-state index in [9.17, 15) is 9.59 Å². The molecule has 4 heteroatoms. The molecule has 1 heterocycles. The number of hydrogen-bond donors (Lipinski definition) is 0. The average molecular weight is 138 g/mol. The number of Topliss-reactive ketones (excluding diaryl/α,β-unsaturated/α-hetero) is 1. The molecular formula is C6H9BNO2. The van der Waals surface area contributed by atoms with Crippen molar-refractivity contribution in [3.63, 3.8) is 0 Å². The lowest BCUT2D eigenvalue weighted by Gasteiger charge is -2.22. The third kappa shape index (κ3) is 1.95. The largest absolute Gasteiger partial charge is 0.339 e. The SMILES string of the molecule is O=C[B]N1CCC(=O)CC1. The second-order valence-corrected chi connectivity index (χ2v) is 2.36. The average Bonchev–Trinajstić information content (AvgIpc) is 1.95. The highest BCUT2D eigenvalue weighted by Crippen LogP contribution is 2.02. The Labute approximate surface area is 60.7 Å². The Kier molecular flexibility index (Phi) is 2.62. The minimum atomic E-state index is 0.301. The Morgan fingerprint density at radius 2 is 2.00 bits per heavy atom. The third-order valence-electron chi connectivity index (χ3n) is 1.63. The molecule has 0 amide bonds. The van der Waals surface area contributed by atoms with Gasteiger partial charge < -0.3 is 9.61 Å². The molecule has 3 nitrogen and oxygen atoms in total. The van der Waals surface area contributed by atoms with Crippen LogP contribution in [-0.2, 0) is 9.59 Å². The van der Waals surface area contributed by atoms with Gasteiger partial charge in [0.05, 0.1) is 6.19 Å². The van der Waals surface area contributed by atoms with E-state index in [1.807, 2.05) is 4.81 Å². The molecule has 1 aliphatic rings. The molecular weight excluding hydrogens is 129 g/mol. The second kappa shape index (κ2) is 3.51. The highest BCUT2D eigenvalue weighted by Gasteiger charge is 2.15. The van der Waals surface area contributed by atoms with Gasteiger partial charge in [-0.1, -0.05) is 0 Å². The van der Waals surface area contributed by atoms with Crippen LogP contribution in [0.5, 0.6) is 0 Å². The van der Waals surface area contributed by atoms with Gasteiger partial charge in [-0.2, -0.15) is 0 Å². The smallest absolute Gasteiger partial charge is 0.293 e. The lowest BCUT2D eigenvalue weighted by Crippen LogP contribution is -2.37. The van der Waals surface area contributed by atoms with Crippen LogP contribution in [0, 0.1) is 0 Å². The molecule has 0 aliphatic carbocycles. The van der Waals surface area contributed by atoms with E-state index in [1.54, 1.807) is 0 Å².